The molecule has 0 unspecified atom stereocenters. The molecule has 4 heteroatoms. The first-order chi connectivity index (χ1) is 15.1. The van der Waals surface area contributed by atoms with Crippen molar-refractivity contribution in [3.8, 4) is 0 Å². The van der Waals surface area contributed by atoms with Crippen molar-refractivity contribution in [2.75, 3.05) is 23.3 Å². The van der Waals surface area contributed by atoms with E-state index in [0.717, 1.165) is 47.8 Å². The molecule has 164 valence electrons. The third kappa shape index (κ3) is 4.95. The molecule has 0 spiro atoms. The fourth-order valence-electron chi connectivity index (χ4n) is 5.17. The standard InChI is InChI=1S/C27H35N3O/c1-18-3-12-25(19(2)17-18)27(31)29-22-8-10-24(11-9-22)30-15-13-23(14-16-30)28-26(20-4-5-20)21-6-7-21/h3,8-12,17,20-21,23,26,28H,4-7,13-16H2,1-2H3,(H,29,31). The molecule has 2 aromatic carbocycles. The number of amides is 1. The predicted molar refractivity (Wildman–Crippen MR) is 128 cm³/mol. The second kappa shape index (κ2) is 8.66. The largest absolute Gasteiger partial charge is 0.371 e. The number of nitrogens with one attached hydrogen (secondary N) is 2. The highest BCUT2D eigenvalue weighted by molar-refractivity contribution is 6.05. The molecule has 1 saturated heterocycles. The Kier molecular flexibility index (Phi) is 5.75. The van der Waals surface area contributed by atoms with Crippen molar-refractivity contribution in [1.82, 2.24) is 5.32 Å². The van der Waals surface area contributed by atoms with Gasteiger partial charge in [-0.15, -0.1) is 0 Å². The highest BCUT2D eigenvalue weighted by Gasteiger charge is 2.42. The summed E-state index contributed by atoms with van der Waals surface area (Å²) < 4.78 is 0. The molecular weight excluding hydrogens is 382 g/mol. The molecule has 0 aromatic heterocycles. The summed E-state index contributed by atoms with van der Waals surface area (Å²) in [5, 5.41) is 7.07. The van der Waals surface area contributed by atoms with Crippen LogP contribution < -0.4 is 15.5 Å². The molecular formula is C27H35N3O. The first-order valence-corrected chi connectivity index (χ1v) is 12.1. The smallest absolute Gasteiger partial charge is 0.255 e. The first kappa shape index (κ1) is 20.6. The summed E-state index contributed by atoms with van der Waals surface area (Å²) in [5.74, 6) is 1.90. The second-order valence-corrected chi connectivity index (χ2v) is 9.95. The Morgan fingerprint density at radius 3 is 2.13 bits per heavy atom. The minimum Gasteiger partial charge on any atom is -0.371 e. The van der Waals surface area contributed by atoms with Gasteiger partial charge in [-0.25, -0.2) is 0 Å². The minimum atomic E-state index is -0.0435. The topological polar surface area (TPSA) is 44.4 Å². The molecule has 1 aliphatic heterocycles. The molecule has 0 radical (unpaired) electrons. The van der Waals surface area contributed by atoms with Crippen LogP contribution >= 0.6 is 0 Å². The SMILES string of the molecule is Cc1ccc(C(=O)Nc2ccc(N3CCC(NC(C4CC4)C4CC4)CC3)cc2)c(C)c1. The Morgan fingerprint density at radius 1 is 0.903 bits per heavy atom. The van der Waals surface area contributed by atoms with Crippen LogP contribution in [0.2, 0.25) is 0 Å². The summed E-state index contributed by atoms with van der Waals surface area (Å²) in [6, 6.07) is 15.8. The Bertz CT molecular complexity index is 910. The van der Waals surface area contributed by atoms with E-state index >= 15 is 0 Å². The summed E-state index contributed by atoms with van der Waals surface area (Å²) >= 11 is 0. The molecule has 5 rings (SSSR count). The number of anilines is 2. The van der Waals surface area contributed by atoms with Crippen LogP contribution in [0, 0.1) is 25.7 Å². The number of nitrogens with zero attached hydrogens (tertiary/aromatic N) is 1. The van der Waals surface area contributed by atoms with Crippen LogP contribution in [-0.2, 0) is 0 Å². The summed E-state index contributed by atoms with van der Waals surface area (Å²) in [5.41, 5.74) is 5.02. The Labute approximate surface area is 186 Å². The molecule has 2 aliphatic carbocycles. The average Bonchev–Trinajstić information content (AvgIpc) is 3.67. The van der Waals surface area contributed by atoms with Gasteiger partial charge in [0.05, 0.1) is 0 Å². The lowest BCUT2D eigenvalue weighted by molar-refractivity contribution is 0.102. The lowest BCUT2D eigenvalue weighted by atomic mass is 10.00. The average molecular weight is 418 g/mol. The highest BCUT2D eigenvalue weighted by Crippen LogP contribution is 2.45. The summed E-state index contributed by atoms with van der Waals surface area (Å²) in [7, 11) is 0. The van der Waals surface area contributed by atoms with E-state index in [1.165, 1.54) is 49.8 Å². The summed E-state index contributed by atoms with van der Waals surface area (Å²) in [6.07, 6.45) is 8.22. The lowest BCUT2D eigenvalue weighted by Crippen LogP contribution is -2.47. The third-order valence-electron chi connectivity index (χ3n) is 7.30. The van der Waals surface area contributed by atoms with E-state index in [1.54, 1.807) is 0 Å². The number of hydrogen-bond acceptors (Lipinski definition) is 3. The number of benzene rings is 2. The number of hydrogen-bond donors (Lipinski definition) is 2. The van der Waals surface area contributed by atoms with Crippen LogP contribution in [0.5, 0.6) is 0 Å². The number of rotatable bonds is 7. The summed E-state index contributed by atoms with van der Waals surface area (Å²) in [6.45, 7) is 6.24. The molecule has 0 bridgehead atoms. The predicted octanol–water partition coefficient (Wildman–Crippen LogP) is 5.30. The van der Waals surface area contributed by atoms with Gasteiger partial charge in [-0.05, 0) is 100 Å². The molecule has 0 atom stereocenters. The van der Waals surface area contributed by atoms with Crippen molar-refractivity contribution in [2.45, 2.75) is 64.5 Å². The van der Waals surface area contributed by atoms with Gasteiger partial charge in [-0.3, -0.25) is 4.79 Å². The lowest BCUT2D eigenvalue weighted by Gasteiger charge is -2.36. The van der Waals surface area contributed by atoms with Crippen molar-refractivity contribution >= 4 is 17.3 Å². The number of piperidine rings is 1. The zero-order chi connectivity index (χ0) is 21.4. The van der Waals surface area contributed by atoms with Gasteiger partial charge in [0.25, 0.3) is 5.91 Å². The van der Waals surface area contributed by atoms with Gasteiger partial charge in [0.2, 0.25) is 0 Å². The fourth-order valence-corrected chi connectivity index (χ4v) is 5.17. The van der Waals surface area contributed by atoms with Gasteiger partial charge >= 0.3 is 0 Å². The summed E-state index contributed by atoms with van der Waals surface area (Å²) in [4.78, 5) is 15.1. The molecule has 2 N–H and O–H groups in total. The molecule has 2 aromatic rings. The van der Waals surface area contributed by atoms with Crippen molar-refractivity contribution in [2.24, 2.45) is 11.8 Å². The van der Waals surface area contributed by atoms with Crippen molar-refractivity contribution in [3.63, 3.8) is 0 Å². The fraction of sp³-hybridized carbons (Fsp3) is 0.519. The molecule has 4 nitrogen and oxygen atoms in total. The Hall–Kier alpha value is -2.33. The maximum Gasteiger partial charge on any atom is 0.255 e. The van der Waals surface area contributed by atoms with E-state index in [4.69, 9.17) is 0 Å². The van der Waals surface area contributed by atoms with Gasteiger partial charge in [0.1, 0.15) is 0 Å². The zero-order valence-corrected chi connectivity index (χ0v) is 18.9. The van der Waals surface area contributed by atoms with E-state index in [9.17, 15) is 4.79 Å². The van der Waals surface area contributed by atoms with Crippen molar-refractivity contribution in [3.05, 3.63) is 59.2 Å². The van der Waals surface area contributed by atoms with E-state index in [-0.39, 0.29) is 5.91 Å². The van der Waals surface area contributed by atoms with E-state index < -0.39 is 0 Å². The number of carbonyl (C=O) groups is 1. The van der Waals surface area contributed by atoms with Gasteiger partial charge in [0, 0.05) is 42.1 Å². The van der Waals surface area contributed by atoms with E-state index in [1.807, 2.05) is 44.2 Å². The van der Waals surface area contributed by atoms with Crippen LogP contribution in [0.15, 0.2) is 42.5 Å². The van der Waals surface area contributed by atoms with Gasteiger partial charge in [-0.1, -0.05) is 17.7 Å². The normalized spacial score (nSPS) is 19.6. The van der Waals surface area contributed by atoms with Crippen LogP contribution in [-0.4, -0.2) is 31.1 Å². The maximum atomic E-state index is 12.6. The zero-order valence-electron chi connectivity index (χ0n) is 18.9. The Morgan fingerprint density at radius 2 is 1.55 bits per heavy atom. The molecule has 3 fully saturated rings. The van der Waals surface area contributed by atoms with Crippen LogP contribution in [0.4, 0.5) is 11.4 Å². The van der Waals surface area contributed by atoms with E-state index in [0.29, 0.717) is 6.04 Å². The molecule has 1 amide bonds. The van der Waals surface area contributed by atoms with Crippen LogP contribution in [0.3, 0.4) is 0 Å². The highest BCUT2D eigenvalue weighted by atomic mass is 16.1. The van der Waals surface area contributed by atoms with Gasteiger partial charge in [0.15, 0.2) is 0 Å². The van der Waals surface area contributed by atoms with Crippen LogP contribution in [0.1, 0.15) is 60.0 Å². The van der Waals surface area contributed by atoms with E-state index in [2.05, 4.69) is 27.7 Å². The molecule has 2 saturated carbocycles. The molecule has 3 aliphatic rings. The van der Waals surface area contributed by atoms with Crippen molar-refractivity contribution < 1.29 is 4.79 Å². The van der Waals surface area contributed by atoms with Crippen molar-refractivity contribution in [1.29, 1.82) is 0 Å². The number of aryl methyl sites for hydroxylation is 2. The molecule has 31 heavy (non-hydrogen) atoms. The first-order valence-electron chi connectivity index (χ1n) is 12.1. The number of carbonyl (C=O) groups excluding carboxylic acids is 1. The monoisotopic (exact) mass is 417 g/mol. The van der Waals surface area contributed by atoms with Gasteiger partial charge < -0.3 is 15.5 Å². The second-order valence-electron chi connectivity index (χ2n) is 9.95. The van der Waals surface area contributed by atoms with Crippen LogP contribution in [0.25, 0.3) is 0 Å². The molecule has 1 heterocycles. The third-order valence-corrected chi connectivity index (χ3v) is 7.30. The Balaban J connectivity index is 1.14. The van der Waals surface area contributed by atoms with Gasteiger partial charge in [-0.2, -0.15) is 0 Å². The quantitative estimate of drug-likeness (QED) is 0.642. The minimum absolute atomic E-state index is 0.0435. The maximum absolute atomic E-state index is 12.6.